The first kappa shape index (κ1) is 50.2. The Morgan fingerprint density at radius 3 is 1.34 bits per heavy atom. The predicted molar refractivity (Wildman–Crippen MR) is 215 cm³/mol. The first-order valence-corrected chi connectivity index (χ1v) is 22.6. The lowest BCUT2D eigenvalue weighted by Gasteiger charge is -2.39. The smallest absolute Gasteiger partial charge is 0.306 e. The SMILES string of the molecule is CCCCCCCCCCCCCCCCCCCCCCCCCCOCC(COC1OC(CO)C(O)C(O)C1O)OC(=O)CCCCCCCC. The van der Waals surface area contributed by atoms with Crippen LogP contribution in [0.2, 0.25) is 0 Å². The van der Waals surface area contributed by atoms with E-state index in [2.05, 4.69) is 13.8 Å². The third-order valence-electron chi connectivity index (χ3n) is 10.8. The maximum absolute atomic E-state index is 12.6. The number of esters is 1. The zero-order valence-electron chi connectivity index (χ0n) is 34.5. The Labute approximate surface area is 325 Å². The average Bonchev–Trinajstić information content (AvgIpc) is 3.16. The summed E-state index contributed by atoms with van der Waals surface area (Å²) in [7, 11) is 0. The highest BCUT2D eigenvalue weighted by Gasteiger charge is 2.44. The molecule has 1 saturated heterocycles. The number of unbranched alkanes of at least 4 members (excludes halogenated alkanes) is 28. The zero-order valence-corrected chi connectivity index (χ0v) is 34.5. The van der Waals surface area contributed by atoms with E-state index in [0.29, 0.717) is 13.0 Å². The van der Waals surface area contributed by atoms with Crippen LogP contribution in [0.4, 0.5) is 0 Å². The summed E-state index contributed by atoms with van der Waals surface area (Å²) in [6.07, 6.45) is 31.8. The van der Waals surface area contributed by atoms with Gasteiger partial charge in [-0.1, -0.05) is 194 Å². The fraction of sp³-hybridized carbons (Fsp3) is 0.977. The number of hydrogen-bond donors (Lipinski definition) is 4. The molecule has 0 bridgehead atoms. The molecule has 9 heteroatoms. The second kappa shape index (κ2) is 36.8. The summed E-state index contributed by atoms with van der Waals surface area (Å²) in [6.45, 7) is 4.53. The lowest BCUT2D eigenvalue weighted by molar-refractivity contribution is -0.305. The van der Waals surface area contributed by atoms with Gasteiger partial charge in [0.1, 0.15) is 30.5 Å². The molecule has 0 aromatic carbocycles. The average molecular weight is 759 g/mol. The third kappa shape index (κ3) is 28.3. The molecule has 1 heterocycles. The van der Waals surface area contributed by atoms with Crippen LogP contribution in [0.1, 0.15) is 213 Å². The minimum Gasteiger partial charge on any atom is -0.457 e. The van der Waals surface area contributed by atoms with Gasteiger partial charge in [-0.2, -0.15) is 0 Å². The standard InChI is InChI=1S/C44H86O9/c1-3-5-7-9-11-12-13-14-15-16-17-18-19-20-21-22-23-24-25-26-27-28-30-32-34-50-36-38(52-40(46)33-31-29-10-8-6-4-2)37-51-44-43(49)42(48)41(47)39(35-45)53-44/h38-39,41-45,47-49H,3-37H2,1-2H3. The molecular formula is C44H86O9. The van der Waals surface area contributed by atoms with Crippen LogP contribution in [-0.2, 0) is 23.7 Å². The molecule has 1 aliphatic heterocycles. The molecule has 0 spiro atoms. The number of carbonyl (C=O) groups is 1. The summed E-state index contributed by atoms with van der Waals surface area (Å²) < 4.78 is 22.7. The van der Waals surface area contributed by atoms with Gasteiger partial charge in [-0.15, -0.1) is 0 Å². The maximum Gasteiger partial charge on any atom is 0.306 e. The van der Waals surface area contributed by atoms with E-state index in [9.17, 15) is 25.2 Å². The molecule has 316 valence electrons. The molecule has 1 fully saturated rings. The molecule has 0 radical (unpaired) electrons. The van der Waals surface area contributed by atoms with E-state index in [1.165, 1.54) is 161 Å². The molecule has 6 atom stereocenters. The maximum atomic E-state index is 12.6. The van der Waals surface area contributed by atoms with Crippen LogP contribution in [0.3, 0.4) is 0 Å². The van der Waals surface area contributed by atoms with Gasteiger partial charge in [0.15, 0.2) is 6.29 Å². The van der Waals surface area contributed by atoms with Gasteiger partial charge in [0.2, 0.25) is 0 Å². The van der Waals surface area contributed by atoms with Crippen molar-refractivity contribution in [1.29, 1.82) is 0 Å². The van der Waals surface area contributed by atoms with Crippen LogP contribution >= 0.6 is 0 Å². The van der Waals surface area contributed by atoms with Crippen molar-refractivity contribution in [1.82, 2.24) is 0 Å². The van der Waals surface area contributed by atoms with E-state index in [1.54, 1.807) is 0 Å². The van der Waals surface area contributed by atoms with Crippen molar-refractivity contribution in [3.63, 3.8) is 0 Å². The van der Waals surface area contributed by atoms with Gasteiger partial charge in [0.25, 0.3) is 0 Å². The Hall–Kier alpha value is -0.810. The number of aliphatic hydroxyl groups is 4. The van der Waals surface area contributed by atoms with Gasteiger partial charge < -0.3 is 39.4 Å². The van der Waals surface area contributed by atoms with Gasteiger partial charge in [-0.3, -0.25) is 4.79 Å². The van der Waals surface area contributed by atoms with E-state index >= 15 is 0 Å². The number of hydrogen-bond acceptors (Lipinski definition) is 9. The number of ether oxygens (including phenoxy) is 4. The molecule has 0 aromatic heterocycles. The second-order valence-electron chi connectivity index (χ2n) is 15.9. The van der Waals surface area contributed by atoms with Gasteiger partial charge in [-0.25, -0.2) is 0 Å². The van der Waals surface area contributed by atoms with Crippen molar-refractivity contribution in [2.45, 2.75) is 250 Å². The Kier molecular flexibility index (Phi) is 34.9. The van der Waals surface area contributed by atoms with Crippen molar-refractivity contribution in [3.05, 3.63) is 0 Å². The first-order valence-electron chi connectivity index (χ1n) is 22.6. The highest BCUT2D eigenvalue weighted by atomic mass is 16.7. The minimum atomic E-state index is -1.53. The molecule has 53 heavy (non-hydrogen) atoms. The molecule has 1 aliphatic rings. The first-order chi connectivity index (χ1) is 25.9. The Bertz CT molecular complexity index is 782. The van der Waals surface area contributed by atoms with Crippen molar-refractivity contribution >= 4 is 5.97 Å². The summed E-state index contributed by atoms with van der Waals surface area (Å²) >= 11 is 0. The fourth-order valence-corrected chi connectivity index (χ4v) is 7.20. The molecule has 0 aromatic rings. The highest BCUT2D eigenvalue weighted by Crippen LogP contribution is 2.23. The summed E-state index contributed by atoms with van der Waals surface area (Å²) in [5.41, 5.74) is 0. The van der Waals surface area contributed by atoms with Crippen LogP contribution in [0.25, 0.3) is 0 Å². The van der Waals surface area contributed by atoms with Crippen LogP contribution in [0.15, 0.2) is 0 Å². The summed E-state index contributed by atoms with van der Waals surface area (Å²) in [4.78, 5) is 12.6. The number of rotatable bonds is 39. The lowest BCUT2D eigenvalue weighted by atomic mass is 9.99. The van der Waals surface area contributed by atoms with Crippen molar-refractivity contribution in [3.8, 4) is 0 Å². The van der Waals surface area contributed by atoms with Crippen molar-refractivity contribution in [2.75, 3.05) is 26.4 Å². The third-order valence-corrected chi connectivity index (χ3v) is 10.8. The molecule has 6 unspecified atom stereocenters. The summed E-state index contributed by atoms with van der Waals surface area (Å²) in [5, 5.41) is 39.9. The molecular weight excluding hydrogens is 672 g/mol. The van der Waals surface area contributed by atoms with Crippen LogP contribution in [0, 0.1) is 0 Å². The monoisotopic (exact) mass is 759 g/mol. The van der Waals surface area contributed by atoms with Crippen LogP contribution in [-0.4, -0.2) is 89.6 Å². The Morgan fingerprint density at radius 1 is 0.528 bits per heavy atom. The normalized spacial score (nSPS) is 20.9. The van der Waals surface area contributed by atoms with Gasteiger partial charge in [0.05, 0.1) is 19.8 Å². The van der Waals surface area contributed by atoms with Crippen LogP contribution < -0.4 is 0 Å². The summed E-state index contributed by atoms with van der Waals surface area (Å²) in [5.74, 6) is -0.318. The number of aliphatic hydroxyl groups excluding tert-OH is 4. The van der Waals surface area contributed by atoms with Gasteiger partial charge in [0, 0.05) is 13.0 Å². The predicted octanol–water partition coefficient (Wildman–Crippen LogP) is 9.86. The molecule has 9 nitrogen and oxygen atoms in total. The second-order valence-corrected chi connectivity index (χ2v) is 15.9. The van der Waals surface area contributed by atoms with E-state index in [0.717, 1.165) is 32.1 Å². The van der Waals surface area contributed by atoms with Crippen LogP contribution in [0.5, 0.6) is 0 Å². The van der Waals surface area contributed by atoms with E-state index in [1.807, 2.05) is 0 Å². The van der Waals surface area contributed by atoms with Crippen molar-refractivity contribution in [2.24, 2.45) is 0 Å². The molecule has 1 rings (SSSR count). The largest absolute Gasteiger partial charge is 0.457 e. The fourth-order valence-electron chi connectivity index (χ4n) is 7.20. The highest BCUT2D eigenvalue weighted by molar-refractivity contribution is 5.69. The summed E-state index contributed by atoms with van der Waals surface area (Å²) in [6, 6.07) is 0. The van der Waals surface area contributed by atoms with Gasteiger partial charge in [-0.05, 0) is 12.8 Å². The van der Waals surface area contributed by atoms with Crippen molar-refractivity contribution < 1.29 is 44.2 Å². The van der Waals surface area contributed by atoms with E-state index in [-0.39, 0.29) is 19.2 Å². The number of carbonyl (C=O) groups excluding carboxylic acids is 1. The molecule has 0 amide bonds. The van der Waals surface area contributed by atoms with E-state index < -0.39 is 43.4 Å². The molecule has 0 aliphatic carbocycles. The topological polar surface area (TPSA) is 135 Å². The van der Waals surface area contributed by atoms with Gasteiger partial charge >= 0.3 is 5.97 Å². The minimum absolute atomic E-state index is 0.107. The molecule has 4 N–H and O–H groups in total. The zero-order chi connectivity index (χ0) is 38.6. The Morgan fingerprint density at radius 2 is 0.925 bits per heavy atom. The molecule has 0 saturated carbocycles. The Balaban J connectivity index is 2.08. The quantitative estimate of drug-likeness (QED) is 0.0357. The lowest BCUT2D eigenvalue weighted by Crippen LogP contribution is -2.59. The van der Waals surface area contributed by atoms with E-state index in [4.69, 9.17) is 18.9 Å².